The van der Waals surface area contributed by atoms with Gasteiger partial charge in [0.15, 0.2) is 0 Å². The minimum absolute atomic E-state index is 0.0533. The lowest BCUT2D eigenvalue weighted by Gasteiger charge is -1.80. The van der Waals surface area contributed by atoms with Gasteiger partial charge in [0.1, 0.15) is 0 Å². The molecule has 0 aromatic carbocycles. The number of hydrogen-bond donors (Lipinski definition) is 0. The molecule has 0 aromatic rings. The molecular formula is C2H3FIO. The maximum atomic E-state index is 10.9. The van der Waals surface area contributed by atoms with E-state index in [9.17, 15) is 9.50 Å². The van der Waals surface area contributed by atoms with Gasteiger partial charge in [0.2, 0.25) is 6.36 Å². The summed E-state index contributed by atoms with van der Waals surface area (Å²) in [5.74, 6) is 0. The first-order valence-electron chi connectivity index (χ1n) is 1.13. The Kier molecular flexibility index (Phi) is 3.19. The molecule has 0 fully saturated rings. The van der Waals surface area contributed by atoms with Crippen LogP contribution in [0.2, 0.25) is 0 Å². The van der Waals surface area contributed by atoms with Crippen LogP contribution in [-0.4, -0.2) is 10.8 Å². The molecule has 0 aliphatic carbocycles. The van der Waals surface area contributed by atoms with Crippen LogP contribution in [0.4, 0.5) is 4.39 Å². The van der Waals surface area contributed by atoms with Crippen LogP contribution < -0.4 is 0 Å². The van der Waals surface area contributed by atoms with Gasteiger partial charge in [0.25, 0.3) is 0 Å². The van der Waals surface area contributed by atoms with Gasteiger partial charge in [-0.05, 0) is 0 Å². The van der Waals surface area contributed by atoms with Gasteiger partial charge in [0, 0.05) is 0 Å². The van der Waals surface area contributed by atoms with Crippen molar-refractivity contribution >= 4 is 22.6 Å². The van der Waals surface area contributed by atoms with Crippen molar-refractivity contribution in [3.8, 4) is 0 Å². The quantitative estimate of drug-likeness (QED) is 0.435. The summed E-state index contributed by atoms with van der Waals surface area (Å²) in [6.45, 7) is 0. The van der Waals surface area contributed by atoms with Gasteiger partial charge in [0.05, 0.1) is 4.43 Å². The van der Waals surface area contributed by atoms with Crippen LogP contribution in [0.25, 0.3) is 0 Å². The van der Waals surface area contributed by atoms with Gasteiger partial charge in [-0.2, -0.15) is 5.11 Å². The lowest BCUT2D eigenvalue weighted by molar-refractivity contribution is 0.000790. The van der Waals surface area contributed by atoms with Crippen LogP contribution in [0.5, 0.6) is 0 Å². The monoisotopic (exact) mass is 189 g/mol. The Morgan fingerprint density at radius 2 is 2.20 bits per heavy atom. The van der Waals surface area contributed by atoms with E-state index in [1.54, 1.807) is 22.6 Å². The molecule has 1 atom stereocenters. The number of hydrogen-bond acceptors (Lipinski definition) is 0. The molecule has 0 bridgehead atoms. The molecule has 31 valence electrons. The highest BCUT2D eigenvalue weighted by Gasteiger charge is 1.92. The van der Waals surface area contributed by atoms with E-state index in [1.807, 2.05) is 0 Å². The molecule has 0 saturated carbocycles. The first-order valence-corrected chi connectivity index (χ1v) is 2.66. The lowest BCUT2D eigenvalue weighted by Crippen LogP contribution is -1.92. The largest absolute Gasteiger partial charge is 0.240 e. The van der Waals surface area contributed by atoms with Crippen LogP contribution in [0.1, 0.15) is 0 Å². The predicted molar refractivity (Wildman–Crippen MR) is 24.5 cm³/mol. The maximum Gasteiger partial charge on any atom is 0.240 e. The Morgan fingerprint density at radius 3 is 2.20 bits per heavy atom. The highest BCUT2D eigenvalue weighted by Crippen LogP contribution is 1.89. The first kappa shape index (κ1) is 5.62. The molecular weight excluding hydrogens is 186 g/mol. The normalized spacial score (nSPS) is 15.0. The molecule has 0 aromatic heterocycles. The molecule has 1 nitrogen and oxygen atoms in total. The fraction of sp³-hybridized carbons (Fsp3) is 1.00. The van der Waals surface area contributed by atoms with Crippen LogP contribution in [0, 0.1) is 0 Å². The minimum Gasteiger partial charge on any atom is -0.212 e. The zero-order chi connectivity index (χ0) is 4.28. The topological polar surface area (TPSA) is 19.9 Å². The van der Waals surface area contributed by atoms with Gasteiger partial charge in [-0.3, -0.25) is 0 Å². The fourth-order valence-electron chi connectivity index (χ4n) is 0. The summed E-state index contributed by atoms with van der Waals surface area (Å²) in [5.41, 5.74) is 0. The van der Waals surface area contributed by atoms with E-state index in [1.165, 1.54) is 0 Å². The highest BCUT2D eigenvalue weighted by molar-refractivity contribution is 14.1. The third-order valence-electron chi connectivity index (χ3n) is 0.121. The summed E-state index contributed by atoms with van der Waals surface area (Å²) >= 11 is 1.69. The van der Waals surface area contributed by atoms with E-state index in [0.29, 0.717) is 0 Å². The molecule has 3 heteroatoms. The van der Waals surface area contributed by atoms with Crippen molar-refractivity contribution in [1.29, 1.82) is 0 Å². The Morgan fingerprint density at radius 1 is 2.00 bits per heavy atom. The second-order valence-electron chi connectivity index (χ2n) is 0.564. The van der Waals surface area contributed by atoms with E-state index < -0.39 is 6.36 Å². The zero-order valence-electron chi connectivity index (χ0n) is 2.45. The number of alkyl halides is 2. The molecule has 0 saturated heterocycles. The Balaban J connectivity index is 2.54. The molecule has 0 amide bonds. The average Bonchev–Trinajstić information content (AvgIpc) is 1.38. The van der Waals surface area contributed by atoms with Crippen molar-refractivity contribution in [2.24, 2.45) is 0 Å². The third-order valence-corrected chi connectivity index (χ3v) is 0.814. The highest BCUT2D eigenvalue weighted by atomic mass is 127. The molecule has 1 unspecified atom stereocenters. The standard InChI is InChI=1S/C2H3FIO/c3-2(5)1-4/h2H,1H2. The summed E-state index contributed by atoms with van der Waals surface area (Å²) < 4.78 is 10.9. The van der Waals surface area contributed by atoms with E-state index >= 15 is 0 Å². The van der Waals surface area contributed by atoms with Gasteiger partial charge in [-0.15, -0.1) is 0 Å². The second kappa shape index (κ2) is 2.84. The van der Waals surface area contributed by atoms with E-state index in [2.05, 4.69) is 0 Å². The van der Waals surface area contributed by atoms with Gasteiger partial charge in [-0.1, -0.05) is 22.6 Å². The van der Waals surface area contributed by atoms with Gasteiger partial charge >= 0.3 is 0 Å². The fourth-order valence-corrected chi connectivity index (χ4v) is 0. The van der Waals surface area contributed by atoms with E-state index in [0.717, 1.165) is 0 Å². The summed E-state index contributed by atoms with van der Waals surface area (Å²) in [4.78, 5) is 0. The minimum atomic E-state index is -1.88. The van der Waals surface area contributed by atoms with Gasteiger partial charge < -0.3 is 0 Å². The van der Waals surface area contributed by atoms with Crippen molar-refractivity contribution in [3.05, 3.63) is 0 Å². The number of halogens is 2. The van der Waals surface area contributed by atoms with Gasteiger partial charge in [-0.25, -0.2) is 4.39 Å². The molecule has 0 rings (SSSR count). The molecule has 0 spiro atoms. The Hall–Kier alpha value is 0.620. The van der Waals surface area contributed by atoms with E-state index in [-0.39, 0.29) is 4.43 Å². The lowest BCUT2D eigenvalue weighted by atomic mass is 10.8. The summed E-state index contributed by atoms with van der Waals surface area (Å²) in [5, 5.41) is 9.22. The molecule has 0 N–H and O–H groups in total. The first-order chi connectivity index (χ1) is 2.27. The molecule has 1 radical (unpaired) electrons. The van der Waals surface area contributed by atoms with Crippen LogP contribution in [0.3, 0.4) is 0 Å². The SMILES string of the molecule is [O]C(F)CI. The zero-order valence-corrected chi connectivity index (χ0v) is 4.61. The average molecular weight is 189 g/mol. The smallest absolute Gasteiger partial charge is 0.212 e. The van der Waals surface area contributed by atoms with Crippen molar-refractivity contribution in [3.63, 3.8) is 0 Å². The van der Waals surface area contributed by atoms with Crippen LogP contribution in [0.15, 0.2) is 0 Å². The summed E-state index contributed by atoms with van der Waals surface area (Å²) in [6, 6.07) is 0. The molecule has 0 aliphatic heterocycles. The van der Waals surface area contributed by atoms with Crippen molar-refractivity contribution in [2.45, 2.75) is 6.36 Å². The molecule has 0 heterocycles. The summed E-state index contributed by atoms with van der Waals surface area (Å²) in [7, 11) is 0. The summed E-state index contributed by atoms with van der Waals surface area (Å²) in [6.07, 6.45) is -1.88. The maximum absolute atomic E-state index is 10.9. The van der Waals surface area contributed by atoms with E-state index in [4.69, 9.17) is 0 Å². The van der Waals surface area contributed by atoms with Crippen LogP contribution >= 0.6 is 22.6 Å². The van der Waals surface area contributed by atoms with Crippen molar-refractivity contribution in [2.75, 3.05) is 4.43 Å². The van der Waals surface area contributed by atoms with Crippen molar-refractivity contribution < 1.29 is 9.50 Å². The predicted octanol–water partition coefficient (Wildman–Crippen LogP) is 1.15. The Labute approximate surface area is 43.3 Å². The Bertz CT molecular complexity index is 23.6. The molecule has 5 heavy (non-hydrogen) atoms. The van der Waals surface area contributed by atoms with Crippen LogP contribution in [-0.2, 0) is 5.11 Å². The molecule has 0 aliphatic rings. The number of rotatable bonds is 1. The second-order valence-corrected chi connectivity index (χ2v) is 1.45. The third kappa shape index (κ3) is 4.62. The van der Waals surface area contributed by atoms with Crippen molar-refractivity contribution in [1.82, 2.24) is 0 Å².